The smallest absolute Gasteiger partial charge is 0.0111 e. The van der Waals surface area contributed by atoms with Crippen molar-refractivity contribution in [3.63, 3.8) is 0 Å². The van der Waals surface area contributed by atoms with Crippen LogP contribution in [-0.2, 0) is 0 Å². The van der Waals surface area contributed by atoms with Gasteiger partial charge in [-0.15, -0.1) is 0 Å². The Morgan fingerprint density at radius 3 is 2.46 bits per heavy atom. The highest BCUT2D eigenvalue weighted by atomic mass is 15.2. The summed E-state index contributed by atoms with van der Waals surface area (Å²) in [6.45, 7) is 4.84. The molecule has 2 fully saturated rings. The Balaban J connectivity index is 1.80. The van der Waals surface area contributed by atoms with Crippen molar-refractivity contribution in [1.29, 1.82) is 0 Å². The van der Waals surface area contributed by atoms with Crippen LogP contribution < -0.4 is 5.73 Å². The summed E-state index contributed by atoms with van der Waals surface area (Å²) in [5.74, 6) is 1.02. The number of hydrogen-bond donors (Lipinski definition) is 1. The maximum Gasteiger partial charge on any atom is 0.0111 e. The monoisotopic (exact) mass is 182 g/mol. The summed E-state index contributed by atoms with van der Waals surface area (Å²) >= 11 is 0. The molecular weight excluding hydrogens is 160 g/mol. The van der Waals surface area contributed by atoms with Gasteiger partial charge in [-0.3, -0.25) is 0 Å². The molecule has 13 heavy (non-hydrogen) atoms. The van der Waals surface area contributed by atoms with E-state index in [1.54, 1.807) is 0 Å². The number of rotatable bonds is 4. The molecule has 2 saturated carbocycles. The molecule has 2 N–H and O–H groups in total. The van der Waals surface area contributed by atoms with E-state index in [9.17, 15) is 0 Å². The number of nitrogens with zero attached hydrogens (tertiary/aromatic N) is 1. The summed E-state index contributed by atoms with van der Waals surface area (Å²) in [6.07, 6.45) is 6.75. The molecule has 0 aromatic carbocycles. The summed E-state index contributed by atoms with van der Waals surface area (Å²) < 4.78 is 0. The third-order valence-electron chi connectivity index (χ3n) is 3.56. The van der Waals surface area contributed by atoms with Gasteiger partial charge in [0.2, 0.25) is 0 Å². The SMILES string of the molecule is CCN(CC1CC1)C1CCC(N)C1. The van der Waals surface area contributed by atoms with Crippen LogP contribution >= 0.6 is 0 Å². The molecule has 0 amide bonds. The van der Waals surface area contributed by atoms with Crippen LogP contribution in [0.3, 0.4) is 0 Å². The Morgan fingerprint density at radius 1 is 1.23 bits per heavy atom. The van der Waals surface area contributed by atoms with E-state index in [0.29, 0.717) is 6.04 Å². The van der Waals surface area contributed by atoms with Gasteiger partial charge in [-0.2, -0.15) is 0 Å². The van der Waals surface area contributed by atoms with Crippen LogP contribution in [0, 0.1) is 5.92 Å². The van der Waals surface area contributed by atoms with Crippen molar-refractivity contribution >= 4 is 0 Å². The third-order valence-corrected chi connectivity index (χ3v) is 3.56. The lowest BCUT2D eigenvalue weighted by Gasteiger charge is -2.27. The highest BCUT2D eigenvalue weighted by Gasteiger charge is 2.30. The Labute approximate surface area is 81.5 Å². The van der Waals surface area contributed by atoms with E-state index in [1.165, 1.54) is 45.2 Å². The van der Waals surface area contributed by atoms with E-state index >= 15 is 0 Å². The van der Waals surface area contributed by atoms with Crippen LogP contribution in [0.15, 0.2) is 0 Å². The van der Waals surface area contributed by atoms with Gasteiger partial charge in [-0.1, -0.05) is 6.92 Å². The fraction of sp³-hybridized carbons (Fsp3) is 1.00. The van der Waals surface area contributed by atoms with Crippen molar-refractivity contribution in [2.75, 3.05) is 13.1 Å². The predicted molar refractivity (Wildman–Crippen MR) is 55.6 cm³/mol. The summed E-state index contributed by atoms with van der Waals surface area (Å²) in [5, 5.41) is 0. The van der Waals surface area contributed by atoms with Crippen LogP contribution in [0.4, 0.5) is 0 Å². The molecule has 2 aliphatic rings. The highest BCUT2D eigenvalue weighted by Crippen LogP contribution is 2.32. The van der Waals surface area contributed by atoms with Gasteiger partial charge in [-0.05, 0) is 44.6 Å². The minimum atomic E-state index is 0.484. The topological polar surface area (TPSA) is 29.3 Å². The molecule has 2 unspecified atom stereocenters. The summed E-state index contributed by atoms with van der Waals surface area (Å²) in [4.78, 5) is 2.66. The summed E-state index contributed by atoms with van der Waals surface area (Å²) in [6, 6.07) is 1.29. The second kappa shape index (κ2) is 3.97. The molecule has 0 heterocycles. The molecule has 0 aliphatic heterocycles. The van der Waals surface area contributed by atoms with Crippen molar-refractivity contribution in [2.45, 2.75) is 51.1 Å². The molecule has 76 valence electrons. The standard InChI is InChI=1S/C11H22N2/c1-2-13(8-9-3-4-9)11-6-5-10(12)7-11/h9-11H,2-8,12H2,1H3. The predicted octanol–water partition coefficient (Wildman–Crippen LogP) is 1.60. The van der Waals surface area contributed by atoms with Crippen molar-refractivity contribution in [3.05, 3.63) is 0 Å². The molecule has 0 saturated heterocycles. The molecule has 0 spiro atoms. The van der Waals surface area contributed by atoms with Crippen molar-refractivity contribution in [1.82, 2.24) is 4.90 Å². The van der Waals surface area contributed by atoms with Gasteiger partial charge in [-0.25, -0.2) is 0 Å². The first-order valence-corrected chi connectivity index (χ1v) is 5.79. The maximum atomic E-state index is 5.94. The Morgan fingerprint density at radius 2 is 2.00 bits per heavy atom. The van der Waals surface area contributed by atoms with E-state index in [-0.39, 0.29) is 0 Å². The molecule has 0 aromatic heterocycles. The van der Waals surface area contributed by atoms with Gasteiger partial charge >= 0.3 is 0 Å². The van der Waals surface area contributed by atoms with Crippen LogP contribution in [0.1, 0.15) is 39.0 Å². The summed E-state index contributed by atoms with van der Waals surface area (Å²) in [7, 11) is 0. The minimum absolute atomic E-state index is 0.484. The molecule has 2 aliphatic carbocycles. The first-order valence-electron chi connectivity index (χ1n) is 5.79. The molecule has 0 bridgehead atoms. The van der Waals surface area contributed by atoms with Crippen LogP contribution in [0.25, 0.3) is 0 Å². The Hall–Kier alpha value is -0.0800. The van der Waals surface area contributed by atoms with E-state index in [1.807, 2.05) is 0 Å². The van der Waals surface area contributed by atoms with Gasteiger partial charge in [0.25, 0.3) is 0 Å². The lowest BCUT2D eigenvalue weighted by Crippen LogP contribution is -2.36. The second-order valence-electron chi connectivity index (χ2n) is 4.76. The molecule has 0 radical (unpaired) electrons. The first kappa shape index (κ1) is 9.47. The van der Waals surface area contributed by atoms with E-state index in [0.717, 1.165) is 12.0 Å². The minimum Gasteiger partial charge on any atom is -0.328 e. The van der Waals surface area contributed by atoms with Crippen LogP contribution in [0.5, 0.6) is 0 Å². The third kappa shape index (κ3) is 2.44. The van der Waals surface area contributed by atoms with Crippen LogP contribution in [-0.4, -0.2) is 30.1 Å². The fourth-order valence-electron chi connectivity index (χ4n) is 2.49. The van der Waals surface area contributed by atoms with Crippen molar-refractivity contribution < 1.29 is 0 Å². The van der Waals surface area contributed by atoms with Gasteiger partial charge < -0.3 is 10.6 Å². The lowest BCUT2D eigenvalue weighted by molar-refractivity contribution is 0.199. The van der Waals surface area contributed by atoms with Gasteiger partial charge in [0, 0.05) is 18.6 Å². The first-order chi connectivity index (χ1) is 6.29. The van der Waals surface area contributed by atoms with E-state index < -0.39 is 0 Å². The molecule has 2 atom stereocenters. The van der Waals surface area contributed by atoms with Gasteiger partial charge in [0.1, 0.15) is 0 Å². The molecule has 0 aromatic rings. The Bertz CT molecular complexity index is 165. The van der Waals surface area contributed by atoms with Gasteiger partial charge in [0.15, 0.2) is 0 Å². The molecule has 2 rings (SSSR count). The van der Waals surface area contributed by atoms with E-state index in [2.05, 4.69) is 11.8 Å². The molecular formula is C11H22N2. The largest absolute Gasteiger partial charge is 0.328 e. The fourth-order valence-corrected chi connectivity index (χ4v) is 2.49. The second-order valence-corrected chi connectivity index (χ2v) is 4.76. The normalized spacial score (nSPS) is 34.4. The maximum absolute atomic E-state index is 5.94. The van der Waals surface area contributed by atoms with Crippen LogP contribution in [0.2, 0.25) is 0 Å². The van der Waals surface area contributed by atoms with Gasteiger partial charge in [0.05, 0.1) is 0 Å². The molecule has 2 nitrogen and oxygen atoms in total. The van der Waals surface area contributed by atoms with Crippen molar-refractivity contribution in [2.24, 2.45) is 11.7 Å². The summed E-state index contributed by atoms with van der Waals surface area (Å²) in [5.41, 5.74) is 5.94. The average Bonchev–Trinajstić information content (AvgIpc) is 2.84. The lowest BCUT2D eigenvalue weighted by atomic mass is 10.2. The average molecular weight is 182 g/mol. The Kier molecular flexibility index (Phi) is 2.89. The highest BCUT2D eigenvalue weighted by molar-refractivity contribution is 4.87. The van der Waals surface area contributed by atoms with Crippen molar-refractivity contribution in [3.8, 4) is 0 Å². The number of hydrogen-bond acceptors (Lipinski definition) is 2. The number of nitrogens with two attached hydrogens (primary N) is 1. The molecule has 2 heteroatoms. The van der Waals surface area contributed by atoms with E-state index in [4.69, 9.17) is 5.73 Å². The zero-order valence-electron chi connectivity index (χ0n) is 8.71. The zero-order chi connectivity index (χ0) is 9.26. The zero-order valence-corrected chi connectivity index (χ0v) is 8.71. The quantitative estimate of drug-likeness (QED) is 0.715.